The van der Waals surface area contributed by atoms with Crippen molar-refractivity contribution in [3.05, 3.63) is 42.1 Å². The van der Waals surface area contributed by atoms with Gasteiger partial charge in [-0.15, -0.1) is 24.0 Å². The molecule has 1 saturated carbocycles. The van der Waals surface area contributed by atoms with Crippen molar-refractivity contribution in [3.63, 3.8) is 0 Å². The third kappa shape index (κ3) is 7.26. The van der Waals surface area contributed by atoms with Crippen LogP contribution < -0.4 is 24.8 Å². The topological polar surface area (TPSA) is 77.0 Å². The summed E-state index contributed by atoms with van der Waals surface area (Å²) in [4.78, 5) is 8.56. The highest BCUT2D eigenvalue weighted by Crippen LogP contribution is 2.30. The number of hydrogen-bond acceptors (Lipinski definition) is 5. The van der Waals surface area contributed by atoms with Gasteiger partial charge < -0.3 is 24.8 Å². The summed E-state index contributed by atoms with van der Waals surface area (Å²) in [5, 5.41) is 6.57. The first-order valence-corrected chi connectivity index (χ1v) is 9.58. The normalized spacial score (nSPS) is 13.3. The average Bonchev–Trinajstić information content (AvgIpc) is 3.55. The number of hydrogen-bond donors (Lipinski definition) is 2. The maximum Gasteiger partial charge on any atom is 0.213 e. The minimum Gasteiger partial charge on any atom is -0.493 e. The van der Waals surface area contributed by atoms with Crippen LogP contribution in [0.2, 0.25) is 0 Å². The van der Waals surface area contributed by atoms with Gasteiger partial charge in [-0.3, -0.25) is 4.99 Å². The van der Waals surface area contributed by atoms with Gasteiger partial charge in [0, 0.05) is 37.6 Å². The molecule has 7 nitrogen and oxygen atoms in total. The molecule has 0 aliphatic heterocycles. The van der Waals surface area contributed by atoms with Crippen LogP contribution >= 0.6 is 24.0 Å². The molecule has 1 aromatic carbocycles. The van der Waals surface area contributed by atoms with E-state index in [9.17, 15) is 0 Å². The van der Waals surface area contributed by atoms with Gasteiger partial charge in [0.15, 0.2) is 17.5 Å². The van der Waals surface area contributed by atoms with E-state index < -0.39 is 0 Å². The van der Waals surface area contributed by atoms with E-state index in [2.05, 4.69) is 20.6 Å². The number of pyridine rings is 1. The number of rotatable bonds is 9. The molecule has 0 unspecified atom stereocenters. The van der Waals surface area contributed by atoms with Crippen LogP contribution in [0.15, 0.2) is 41.5 Å². The summed E-state index contributed by atoms with van der Waals surface area (Å²) < 4.78 is 16.7. The molecule has 0 saturated heterocycles. The molecule has 29 heavy (non-hydrogen) atoms. The lowest BCUT2D eigenvalue weighted by molar-refractivity contribution is 0.288. The van der Waals surface area contributed by atoms with E-state index in [4.69, 9.17) is 14.2 Å². The second-order valence-electron chi connectivity index (χ2n) is 6.61. The molecule has 0 spiro atoms. The lowest BCUT2D eigenvalue weighted by atomic mass is 10.2. The van der Waals surface area contributed by atoms with Crippen molar-refractivity contribution in [2.45, 2.75) is 26.3 Å². The molecule has 8 heteroatoms. The summed E-state index contributed by atoms with van der Waals surface area (Å²) in [5.74, 6) is 3.43. The molecule has 0 atom stereocenters. The Morgan fingerprint density at radius 3 is 2.69 bits per heavy atom. The molecule has 0 bridgehead atoms. The highest BCUT2D eigenvalue weighted by molar-refractivity contribution is 14.0. The van der Waals surface area contributed by atoms with Gasteiger partial charge >= 0.3 is 0 Å². The Hall–Kier alpha value is -2.23. The molecular formula is C21H29IN4O3. The van der Waals surface area contributed by atoms with Crippen molar-refractivity contribution in [2.75, 3.05) is 32.7 Å². The van der Waals surface area contributed by atoms with E-state index in [0.29, 0.717) is 42.4 Å². The fourth-order valence-corrected chi connectivity index (χ4v) is 2.65. The van der Waals surface area contributed by atoms with Crippen LogP contribution in [0.4, 0.5) is 5.69 Å². The number of guanidine groups is 1. The van der Waals surface area contributed by atoms with Crippen LogP contribution in [-0.2, 0) is 6.54 Å². The average molecular weight is 512 g/mol. The molecular weight excluding hydrogens is 483 g/mol. The Morgan fingerprint density at radius 2 is 2.00 bits per heavy atom. The number of aliphatic imine (C=N–C) groups is 1. The van der Waals surface area contributed by atoms with Crippen molar-refractivity contribution < 1.29 is 14.2 Å². The minimum absolute atomic E-state index is 0. The number of nitrogens with one attached hydrogen (secondary N) is 2. The Kier molecular flexibility index (Phi) is 9.30. The molecule has 158 valence electrons. The molecule has 1 aliphatic carbocycles. The molecule has 1 fully saturated rings. The van der Waals surface area contributed by atoms with Crippen molar-refractivity contribution >= 4 is 35.6 Å². The Labute approximate surface area is 189 Å². The number of nitrogens with zero attached hydrogens (tertiary/aromatic N) is 2. The summed E-state index contributed by atoms with van der Waals surface area (Å²) in [6.45, 7) is 3.88. The highest BCUT2D eigenvalue weighted by atomic mass is 127. The minimum atomic E-state index is 0. The van der Waals surface area contributed by atoms with Gasteiger partial charge in [0.25, 0.3) is 0 Å². The van der Waals surface area contributed by atoms with Crippen LogP contribution in [0.25, 0.3) is 0 Å². The van der Waals surface area contributed by atoms with E-state index in [1.165, 1.54) is 12.8 Å². The maximum atomic E-state index is 5.75. The number of halogens is 1. The molecule has 0 amide bonds. The fourth-order valence-electron chi connectivity index (χ4n) is 2.65. The molecule has 1 aliphatic rings. The van der Waals surface area contributed by atoms with Crippen LogP contribution in [0.5, 0.6) is 17.4 Å². The van der Waals surface area contributed by atoms with Crippen LogP contribution in [-0.4, -0.2) is 38.3 Å². The van der Waals surface area contributed by atoms with Gasteiger partial charge in [0.1, 0.15) is 0 Å². The summed E-state index contributed by atoms with van der Waals surface area (Å²) in [7, 11) is 3.36. The van der Waals surface area contributed by atoms with Gasteiger partial charge in [0.05, 0.1) is 20.3 Å². The molecule has 2 N–H and O–H groups in total. The third-order valence-corrected chi connectivity index (χ3v) is 4.37. The van der Waals surface area contributed by atoms with Crippen molar-refractivity contribution in [1.82, 2.24) is 10.3 Å². The summed E-state index contributed by atoms with van der Waals surface area (Å²) in [6.07, 6.45) is 4.30. The zero-order valence-electron chi connectivity index (χ0n) is 17.1. The zero-order chi connectivity index (χ0) is 19.8. The fraction of sp³-hybridized carbons (Fsp3) is 0.429. The van der Waals surface area contributed by atoms with Gasteiger partial charge in [0.2, 0.25) is 5.88 Å². The van der Waals surface area contributed by atoms with Crippen LogP contribution in [0.1, 0.15) is 25.3 Å². The Balaban J connectivity index is 0.00000300. The first-order chi connectivity index (χ1) is 13.7. The van der Waals surface area contributed by atoms with E-state index in [1.807, 2.05) is 37.3 Å². The zero-order valence-corrected chi connectivity index (χ0v) is 19.4. The largest absolute Gasteiger partial charge is 0.493 e. The lowest BCUT2D eigenvalue weighted by Gasteiger charge is -2.15. The number of aromatic nitrogens is 1. The van der Waals surface area contributed by atoms with E-state index in [0.717, 1.165) is 17.9 Å². The second kappa shape index (κ2) is 11.7. The Morgan fingerprint density at radius 1 is 1.17 bits per heavy atom. The monoisotopic (exact) mass is 512 g/mol. The smallest absolute Gasteiger partial charge is 0.213 e. The SMILES string of the molecule is CCOc1cc(NC(=NC)NCc2ccnc(OCC3CC3)c2)ccc1OC.I. The lowest BCUT2D eigenvalue weighted by Crippen LogP contribution is -2.30. The van der Waals surface area contributed by atoms with Gasteiger partial charge in [-0.05, 0) is 49.4 Å². The maximum absolute atomic E-state index is 5.75. The Bertz CT molecular complexity index is 812. The first kappa shape index (κ1) is 23.1. The molecule has 2 aromatic rings. The summed E-state index contributed by atoms with van der Waals surface area (Å²) in [5.41, 5.74) is 1.94. The van der Waals surface area contributed by atoms with E-state index in [-0.39, 0.29) is 24.0 Å². The third-order valence-electron chi connectivity index (χ3n) is 4.37. The predicted molar refractivity (Wildman–Crippen MR) is 126 cm³/mol. The molecule has 0 radical (unpaired) electrons. The van der Waals surface area contributed by atoms with Gasteiger partial charge in [-0.2, -0.15) is 0 Å². The van der Waals surface area contributed by atoms with Crippen LogP contribution in [0, 0.1) is 5.92 Å². The molecule has 1 heterocycles. The van der Waals surface area contributed by atoms with Gasteiger partial charge in [-0.25, -0.2) is 4.98 Å². The van der Waals surface area contributed by atoms with E-state index in [1.54, 1.807) is 20.4 Å². The number of anilines is 1. The number of benzene rings is 1. The second-order valence-corrected chi connectivity index (χ2v) is 6.61. The van der Waals surface area contributed by atoms with Crippen molar-refractivity contribution in [1.29, 1.82) is 0 Å². The molecule has 1 aromatic heterocycles. The van der Waals surface area contributed by atoms with Crippen molar-refractivity contribution in [3.8, 4) is 17.4 Å². The van der Waals surface area contributed by atoms with Crippen molar-refractivity contribution in [2.24, 2.45) is 10.9 Å². The first-order valence-electron chi connectivity index (χ1n) is 9.58. The summed E-state index contributed by atoms with van der Waals surface area (Å²) in [6, 6.07) is 9.61. The highest BCUT2D eigenvalue weighted by Gasteiger charge is 2.22. The number of methoxy groups -OCH3 is 1. The standard InChI is InChI=1S/C21H28N4O3.HI/c1-4-27-19-12-17(7-8-18(19)26-3)25-21(22-2)24-13-16-9-10-23-20(11-16)28-14-15-5-6-15;/h7-12,15H,4-6,13-14H2,1-3H3,(H2,22,24,25);1H. The van der Waals surface area contributed by atoms with Gasteiger partial charge in [-0.1, -0.05) is 0 Å². The quantitative estimate of drug-likeness (QED) is 0.300. The molecule has 3 rings (SSSR count). The van der Waals surface area contributed by atoms with Crippen LogP contribution in [0.3, 0.4) is 0 Å². The van der Waals surface area contributed by atoms with E-state index >= 15 is 0 Å². The predicted octanol–water partition coefficient (Wildman–Crippen LogP) is 4.08. The summed E-state index contributed by atoms with van der Waals surface area (Å²) >= 11 is 0. The number of ether oxygens (including phenoxy) is 3.